The van der Waals surface area contributed by atoms with Crippen LogP contribution in [-0.4, -0.2) is 6.54 Å². The van der Waals surface area contributed by atoms with Gasteiger partial charge in [0.25, 0.3) is 0 Å². The maximum atomic E-state index is 13.6. The lowest BCUT2D eigenvalue weighted by molar-refractivity contribution is 0.417. The summed E-state index contributed by atoms with van der Waals surface area (Å²) < 4.78 is 19.4. The van der Waals surface area contributed by atoms with Crippen LogP contribution in [0.1, 0.15) is 37.6 Å². The first kappa shape index (κ1) is 13.8. The first-order valence-electron chi connectivity index (χ1n) is 6.76. The summed E-state index contributed by atoms with van der Waals surface area (Å²) in [6.45, 7) is 6.86. The summed E-state index contributed by atoms with van der Waals surface area (Å²) in [5, 5.41) is 3.37. The Morgan fingerprint density at radius 1 is 1.21 bits per heavy atom. The molecule has 0 aliphatic heterocycles. The van der Waals surface area contributed by atoms with Crippen LogP contribution in [0.25, 0.3) is 11.3 Å². The molecule has 1 heterocycles. The van der Waals surface area contributed by atoms with Gasteiger partial charge < -0.3 is 9.73 Å². The topological polar surface area (TPSA) is 25.2 Å². The summed E-state index contributed by atoms with van der Waals surface area (Å²) in [6.07, 6.45) is 0.961. The van der Waals surface area contributed by atoms with Crippen molar-refractivity contribution < 1.29 is 8.81 Å². The summed E-state index contributed by atoms with van der Waals surface area (Å²) in [5.41, 5.74) is 1.44. The third-order valence-electron chi connectivity index (χ3n) is 3.36. The molecule has 1 aromatic heterocycles. The molecule has 2 rings (SSSR count). The van der Waals surface area contributed by atoms with E-state index in [0.717, 1.165) is 30.0 Å². The van der Waals surface area contributed by atoms with Gasteiger partial charge in [0.05, 0.1) is 6.04 Å². The number of furan rings is 1. The number of rotatable bonds is 5. The van der Waals surface area contributed by atoms with Crippen LogP contribution in [0.4, 0.5) is 4.39 Å². The van der Waals surface area contributed by atoms with Crippen molar-refractivity contribution in [2.75, 3.05) is 6.54 Å². The lowest BCUT2D eigenvalue weighted by Gasteiger charge is -2.12. The molecule has 0 aliphatic carbocycles. The average Bonchev–Trinajstić information content (AvgIpc) is 2.88. The smallest absolute Gasteiger partial charge is 0.134 e. The Hall–Kier alpha value is -1.61. The molecular formula is C16H20FNO. The largest absolute Gasteiger partial charge is 0.459 e. The van der Waals surface area contributed by atoms with Crippen LogP contribution in [0.5, 0.6) is 0 Å². The van der Waals surface area contributed by atoms with Gasteiger partial charge in [-0.2, -0.15) is 0 Å². The highest BCUT2D eigenvalue weighted by Gasteiger charge is 2.15. The summed E-state index contributed by atoms with van der Waals surface area (Å²) in [5.74, 6) is 1.43. The molecule has 1 N–H and O–H groups in total. The van der Waals surface area contributed by atoms with Gasteiger partial charge in [0.15, 0.2) is 0 Å². The molecule has 0 aliphatic rings. The maximum absolute atomic E-state index is 13.6. The molecule has 1 aromatic carbocycles. The number of hydrogen-bond donors (Lipinski definition) is 1. The zero-order chi connectivity index (χ0) is 13.8. The van der Waals surface area contributed by atoms with Crippen molar-refractivity contribution in [3.63, 3.8) is 0 Å². The second-order valence-corrected chi connectivity index (χ2v) is 4.63. The quantitative estimate of drug-likeness (QED) is 0.860. The Bertz CT molecular complexity index is 547. The van der Waals surface area contributed by atoms with Crippen molar-refractivity contribution in [3.05, 3.63) is 47.5 Å². The predicted octanol–water partition coefficient (Wildman–Crippen LogP) is 4.45. The van der Waals surface area contributed by atoms with E-state index in [2.05, 4.69) is 19.2 Å². The van der Waals surface area contributed by atoms with E-state index < -0.39 is 0 Å². The first-order valence-corrected chi connectivity index (χ1v) is 6.76. The Morgan fingerprint density at radius 3 is 2.68 bits per heavy atom. The zero-order valence-electron chi connectivity index (χ0n) is 11.7. The Morgan fingerprint density at radius 2 is 2.00 bits per heavy atom. The van der Waals surface area contributed by atoms with Crippen molar-refractivity contribution in [2.24, 2.45) is 0 Å². The van der Waals surface area contributed by atoms with E-state index >= 15 is 0 Å². The lowest BCUT2D eigenvalue weighted by atomic mass is 10.1. The second kappa shape index (κ2) is 6.02. The standard InChI is InChI=1S/C16H20FNO/c1-4-14(18-5-2)16-10-9-15(19-16)12-7-6-8-13(17)11(12)3/h6-10,14,18H,4-5H2,1-3H3. The molecule has 0 fully saturated rings. The van der Waals surface area contributed by atoms with Crippen LogP contribution < -0.4 is 5.32 Å². The predicted molar refractivity (Wildman–Crippen MR) is 75.5 cm³/mol. The zero-order valence-corrected chi connectivity index (χ0v) is 11.7. The van der Waals surface area contributed by atoms with E-state index in [-0.39, 0.29) is 11.9 Å². The third kappa shape index (κ3) is 2.87. The van der Waals surface area contributed by atoms with Crippen LogP contribution in [0.2, 0.25) is 0 Å². The van der Waals surface area contributed by atoms with Crippen molar-refractivity contribution in [1.82, 2.24) is 5.32 Å². The minimum absolute atomic E-state index is 0.200. The lowest BCUT2D eigenvalue weighted by Crippen LogP contribution is -2.19. The maximum Gasteiger partial charge on any atom is 0.134 e. The first-order chi connectivity index (χ1) is 9.17. The van der Waals surface area contributed by atoms with Gasteiger partial charge in [-0.3, -0.25) is 0 Å². The molecule has 2 aromatic rings. The molecule has 0 saturated heterocycles. The SMILES string of the molecule is CCNC(CC)c1ccc(-c2cccc(F)c2C)o1. The minimum atomic E-state index is -0.200. The summed E-state index contributed by atoms with van der Waals surface area (Å²) in [4.78, 5) is 0. The van der Waals surface area contributed by atoms with Crippen LogP contribution in [0, 0.1) is 12.7 Å². The summed E-state index contributed by atoms with van der Waals surface area (Å²) in [6, 6.07) is 9.16. The molecule has 0 radical (unpaired) electrons. The average molecular weight is 261 g/mol. The van der Waals surface area contributed by atoms with Crippen molar-refractivity contribution >= 4 is 0 Å². The molecule has 3 heteroatoms. The molecule has 2 nitrogen and oxygen atoms in total. The van der Waals surface area contributed by atoms with Crippen LogP contribution >= 0.6 is 0 Å². The van der Waals surface area contributed by atoms with Gasteiger partial charge in [-0.1, -0.05) is 26.0 Å². The molecular weight excluding hydrogens is 241 g/mol. The van der Waals surface area contributed by atoms with E-state index in [1.54, 1.807) is 13.0 Å². The Labute approximate surface area is 113 Å². The number of nitrogens with one attached hydrogen (secondary N) is 1. The van der Waals surface area contributed by atoms with Crippen molar-refractivity contribution in [1.29, 1.82) is 0 Å². The molecule has 1 unspecified atom stereocenters. The number of benzene rings is 1. The van der Waals surface area contributed by atoms with Gasteiger partial charge in [0, 0.05) is 5.56 Å². The van der Waals surface area contributed by atoms with Gasteiger partial charge in [-0.15, -0.1) is 0 Å². The molecule has 0 spiro atoms. The fourth-order valence-electron chi connectivity index (χ4n) is 2.25. The highest BCUT2D eigenvalue weighted by Crippen LogP contribution is 2.29. The van der Waals surface area contributed by atoms with Crippen LogP contribution in [-0.2, 0) is 0 Å². The monoisotopic (exact) mass is 261 g/mol. The minimum Gasteiger partial charge on any atom is -0.459 e. The molecule has 1 atom stereocenters. The highest BCUT2D eigenvalue weighted by molar-refractivity contribution is 5.62. The van der Waals surface area contributed by atoms with Crippen molar-refractivity contribution in [2.45, 2.75) is 33.2 Å². The van der Waals surface area contributed by atoms with Gasteiger partial charge in [-0.25, -0.2) is 4.39 Å². The van der Waals surface area contributed by atoms with E-state index in [0.29, 0.717) is 5.56 Å². The normalized spacial score (nSPS) is 12.6. The van der Waals surface area contributed by atoms with Crippen LogP contribution in [0.3, 0.4) is 0 Å². The number of halogens is 1. The molecule has 0 amide bonds. The number of hydrogen-bond acceptors (Lipinski definition) is 2. The van der Waals surface area contributed by atoms with Gasteiger partial charge in [0.2, 0.25) is 0 Å². The van der Waals surface area contributed by atoms with Crippen molar-refractivity contribution in [3.8, 4) is 11.3 Å². The fraction of sp³-hybridized carbons (Fsp3) is 0.375. The molecule has 0 bridgehead atoms. The van der Waals surface area contributed by atoms with Gasteiger partial charge in [-0.05, 0) is 43.7 Å². The summed E-state index contributed by atoms with van der Waals surface area (Å²) in [7, 11) is 0. The van der Waals surface area contributed by atoms with E-state index in [9.17, 15) is 4.39 Å². The van der Waals surface area contributed by atoms with Gasteiger partial charge in [0.1, 0.15) is 17.3 Å². The molecule has 0 saturated carbocycles. The molecule has 19 heavy (non-hydrogen) atoms. The van der Waals surface area contributed by atoms with E-state index in [1.807, 2.05) is 18.2 Å². The summed E-state index contributed by atoms with van der Waals surface area (Å²) >= 11 is 0. The Kier molecular flexibility index (Phi) is 4.38. The fourth-order valence-corrected chi connectivity index (χ4v) is 2.25. The third-order valence-corrected chi connectivity index (χ3v) is 3.36. The van der Waals surface area contributed by atoms with Gasteiger partial charge >= 0.3 is 0 Å². The highest BCUT2D eigenvalue weighted by atomic mass is 19.1. The van der Waals surface area contributed by atoms with E-state index in [1.165, 1.54) is 6.07 Å². The second-order valence-electron chi connectivity index (χ2n) is 4.63. The Balaban J connectivity index is 2.32. The van der Waals surface area contributed by atoms with E-state index in [4.69, 9.17) is 4.42 Å². The molecule has 102 valence electrons. The van der Waals surface area contributed by atoms with Crippen LogP contribution in [0.15, 0.2) is 34.7 Å².